The number of anilines is 2. The molecule has 7 heteroatoms. The smallest absolute Gasteiger partial charge is 0.339 e. The van der Waals surface area contributed by atoms with Crippen LogP contribution in [0.1, 0.15) is 23.2 Å². The maximum atomic E-state index is 11.2. The van der Waals surface area contributed by atoms with Crippen LogP contribution in [0.3, 0.4) is 0 Å². The number of hydrogen-bond acceptors (Lipinski definition) is 6. The van der Waals surface area contributed by atoms with Gasteiger partial charge < -0.3 is 25.6 Å². The zero-order chi connectivity index (χ0) is 14.5. The van der Waals surface area contributed by atoms with Crippen LogP contribution in [0.5, 0.6) is 0 Å². The molecule has 20 heavy (non-hydrogen) atoms. The lowest BCUT2D eigenvalue weighted by atomic mass is 10.1. The van der Waals surface area contributed by atoms with Crippen molar-refractivity contribution in [3.63, 3.8) is 0 Å². The average molecular weight is 281 g/mol. The van der Waals surface area contributed by atoms with Crippen LogP contribution >= 0.6 is 0 Å². The molecule has 1 fully saturated rings. The summed E-state index contributed by atoms with van der Waals surface area (Å²) in [6.07, 6.45) is 3.15. The number of nitrogens with two attached hydrogens (primary N) is 1. The molecule has 7 nitrogen and oxygen atoms in total. The molecule has 0 bridgehead atoms. The minimum Gasteiger partial charge on any atom is -0.478 e. The highest BCUT2D eigenvalue weighted by Crippen LogP contribution is 2.24. The van der Waals surface area contributed by atoms with Gasteiger partial charge in [0.15, 0.2) is 0 Å². The van der Waals surface area contributed by atoms with Crippen LogP contribution in [0.25, 0.3) is 0 Å². The maximum absolute atomic E-state index is 11.2. The fourth-order valence-electron chi connectivity index (χ4n) is 2.34. The Balaban J connectivity index is 2.05. The van der Waals surface area contributed by atoms with Gasteiger partial charge in [-0.25, -0.2) is 9.78 Å². The number of aliphatic hydroxyl groups excluding tert-OH is 1. The number of aromatic carboxylic acids is 1. The zero-order valence-corrected chi connectivity index (χ0v) is 11.2. The van der Waals surface area contributed by atoms with E-state index in [0.717, 1.165) is 12.8 Å². The van der Waals surface area contributed by atoms with Gasteiger partial charge in [0.2, 0.25) is 0 Å². The molecule has 0 radical (unpaired) electrons. The molecule has 1 saturated heterocycles. The summed E-state index contributed by atoms with van der Waals surface area (Å²) < 4.78 is 5.48. The summed E-state index contributed by atoms with van der Waals surface area (Å²) in [5, 5.41) is 17.9. The minimum atomic E-state index is -1.03. The Bertz CT molecular complexity index is 473. The number of carboxylic acids is 1. The summed E-state index contributed by atoms with van der Waals surface area (Å²) in [6, 6.07) is 1.43. The van der Waals surface area contributed by atoms with Gasteiger partial charge in [-0.15, -0.1) is 0 Å². The second kappa shape index (κ2) is 6.53. The predicted molar refractivity (Wildman–Crippen MR) is 73.9 cm³/mol. The lowest BCUT2D eigenvalue weighted by Gasteiger charge is -2.33. The molecule has 110 valence electrons. The normalized spacial score (nSPS) is 16.4. The van der Waals surface area contributed by atoms with Gasteiger partial charge in [-0.2, -0.15) is 0 Å². The lowest BCUT2D eigenvalue weighted by molar-refractivity contribution is 0.0158. The van der Waals surface area contributed by atoms with E-state index in [2.05, 4.69) is 4.98 Å². The summed E-state index contributed by atoms with van der Waals surface area (Å²) in [5.41, 5.74) is 6.05. The Morgan fingerprint density at radius 1 is 1.50 bits per heavy atom. The van der Waals surface area contributed by atoms with E-state index in [1.165, 1.54) is 12.3 Å². The second-order valence-electron chi connectivity index (χ2n) is 4.73. The molecule has 2 heterocycles. The molecule has 1 aliphatic heterocycles. The molecule has 1 aromatic rings. The Morgan fingerprint density at radius 3 is 2.80 bits per heavy atom. The number of aromatic nitrogens is 1. The molecule has 0 saturated carbocycles. The Kier molecular flexibility index (Phi) is 4.75. The number of nitrogen functional groups attached to an aromatic ring is 1. The van der Waals surface area contributed by atoms with Crippen molar-refractivity contribution in [1.29, 1.82) is 0 Å². The minimum absolute atomic E-state index is 0.0168. The Hall–Kier alpha value is -1.86. The highest BCUT2D eigenvalue weighted by molar-refractivity contribution is 5.94. The van der Waals surface area contributed by atoms with E-state index in [9.17, 15) is 9.90 Å². The molecule has 0 unspecified atom stereocenters. The molecule has 0 aromatic carbocycles. The van der Waals surface area contributed by atoms with E-state index in [0.29, 0.717) is 31.2 Å². The van der Waals surface area contributed by atoms with Gasteiger partial charge in [0.1, 0.15) is 11.4 Å². The number of pyridine rings is 1. The molecule has 2 rings (SSSR count). The first-order valence-corrected chi connectivity index (χ1v) is 6.58. The first kappa shape index (κ1) is 14.5. The van der Waals surface area contributed by atoms with Crippen molar-refractivity contribution in [3.8, 4) is 0 Å². The first-order chi connectivity index (χ1) is 9.61. The van der Waals surface area contributed by atoms with Crippen molar-refractivity contribution in [2.24, 2.45) is 0 Å². The fourth-order valence-corrected chi connectivity index (χ4v) is 2.34. The molecule has 1 aliphatic rings. The molecule has 1 aromatic heterocycles. The van der Waals surface area contributed by atoms with Crippen LogP contribution in [0, 0.1) is 0 Å². The number of rotatable bonds is 5. The fraction of sp³-hybridized carbons (Fsp3) is 0.538. The van der Waals surface area contributed by atoms with E-state index >= 15 is 0 Å². The SMILES string of the molecule is Nc1cnc(N2CCC(OCCO)CC2)c(C(=O)O)c1. The largest absolute Gasteiger partial charge is 0.478 e. The lowest BCUT2D eigenvalue weighted by Crippen LogP contribution is -2.38. The molecule has 0 spiro atoms. The van der Waals surface area contributed by atoms with Crippen molar-refractivity contribution in [2.75, 3.05) is 36.9 Å². The third kappa shape index (κ3) is 3.37. The summed E-state index contributed by atoms with van der Waals surface area (Å²) in [5.74, 6) is -0.578. The van der Waals surface area contributed by atoms with E-state index in [1.807, 2.05) is 4.90 Å². The van der Waals surface area contributed by atoms with E-state index in [4.69, 9.17) is 15.6 Å². The van der Waals surface area contributed by atoms with E-state index < -0.39 is 5.97 Å². The van der Waals surface area contributed by atoms with Gasteiger partial charge in [-0.05, 0) is 18.9 Å². The highest BCUT2D eigenvalue weighted by Gasteiger charge is 2.24. The van der Waals surface area contributed by atoms with Gasteiger partial charge in [-0.1, -0.05) is 0 Å². The number of carbonyl (C=O) groups is 1. The predicted octanol–water partition coefficient (Wildman–Crippen LogP) is 0.340. The van der Waals surface area contributed by atoms with Crippen molar-refractivity contribution >= 4 is 17.5 Å². The highest BCUT2D eigenvalue weighted by atomic mass is 16.5. The Labute approximate surface area is 117 Å². The van der Waals surface area contributed by atoms with Gasteiger partial charge in [0.05, 0.1) is 31.2 Å². The quantitative estimate of drug-likeness (QED) is 0.714. The summed E-state index contributed by atoms with van der Waals surface area (Å²) in [4.78, 5) is 17.3. The first-order valence-electron chi connectivity index (χ1n) is 6.58. The number of nitrogens with zero attached hydrogens (tertiary/aromatic N) is 2. The van der Waals surface area contributed by atoms with Gasteiger partial charge in [0, 0.05) is 13.1 Å². The van der Waals surface area contributed by atoms with E-state index in [1.54, 1.807) is 0 Å². The molecule has 0 atom stereocenters. The van der Waals surface area contributed by atoms with Gasteiger partial charge in [-0.3, -0.25) is 0 Å². The van der Waals surface area contributed by atoms with Crippen LogP contribution in [-0.2, 0) is 4.74 Å². The molecule has 4 N–H and O–H groups in total. The monoisotopic (exact) mass is 281 g/mol. The van der Waals surface area contributed by atoms with Crippen molar-refractivity contribution in [3.05, 3.63) is 17.8 Å². The summed E-state index contributed by atoms with van der Waals surface area (Å²) in [6.45, 7) is 1.70. The number of hydrogen-bond donors (Lipinski definition) is 3. The van der Waals surface area contributed by atoms with Crippen LogP contribution in [0.4, 0.5) is 11.5 Å². The van der Waals surface area contributed by atoms with Crippen LogP contribution in [0.2, 0.25) is 0 Å². The van der Waals surface area contributed by atoms with Crippen molar-refractivity contribution in [2.45, 2.75) is 18.9 Å². The number of aliphatic hydroxyl groups is 1. The number of carboxylic acid groups (broad SMARTS) is 1. The van der Waals surface area contributed by atoms with Crippen molar-refractivity contribution < 1.29 is 19.7 Å². The third-order valence-electron chi connectivity index (χ3n) is 3.30. The molecular formula is C13H19N3O4. The van der Waals surface area contributed by atoms with Gasteiger partial charge >= 0.3 is 5.97 Å². The zero-order valence-electron chi connectivity index (χ0n) is 11.2. The van der Waals surface area contributed by atoms with Crippen molar-refractivity contribution in [1.82, 2.24) is 4.98 Å². The molecule has 0 aliphatic carbocycles. The summed E-state index contributed by atoms with van der Waals surface area (Å²) >= 11 is 0. The molecular weight excluding hydrogens is 262 g/mol. The average Bonchev–Trinajstić information content (AvgIpc) is 2.45. The Morgan fingerprint density at radius 2 is 2.20 bits per heavy atom. The van der Waals surface area contributed by atoms with Gasteiger partial charge in [0.25, 0.3) is 0 Å². The molecule has 0 amide bonds. The van der Waals surface area contributed by atoms with E-state index in [-0.39, 0.29) is 18.3 Å². The number of piperidine rings is 1. The summed E-state index contributed by atoms with van der Waals surface area (Å²) in [7, 11) is 0. The van der Waals surface area contributed by atoms with Crippen LogP contribution in [-0.4, -0.2) is 53.6 Å². The van der Waals surface area contributed by atoms with Crippen LogP contribution in [0.15, 0.2) is 12.3 Å². The number of ether oxygens (including phenoxy) is 1. The standard InChI is InChI=1S/C13H19N3O4/c14-9-7-11(13(18)19)12(15-8-9)16-3-1-10(2-4-16)20-6-5-17/h7-8,10,17H,1-6,14H2,(H,18,19). The second-order valence-corrected chi connectivity index (χ2v) is 4.73. The maximum Gasteiger partial charge on any atom is 0.339 e. The van der Waals surface area contributed by atoms with Crippen LogP contribution < -0.4 is 10.6 Å². The third-order valence-corrected chi connectivity index (χ3v) is 3.30. The topological polar surface area (TPSA) is 109 Å².